The van der Waals surface area contributed by atoms with Gasteiger partial charge in [0.1, 0.15) is 5.70 Å². The van der Waals surface area contributed by atoms with Crippen molar-refractivity contribution in [1.29, 1.82) is 0 Å². The second-order valence-corrected chi connectivity index (χ2v) is 4.05. The van der Waals surface area contributed by atoms with Gasteiger partial charge in [-0.05, 0) is 19.1 Å². The Balaban J connectivity index is 2.38. The first-order valence-electron chi connectivity index (χ1n) is 6.17. The molecule has 102 valence electrons. The fourth-order valence-corrected chi connectivity index (χ4v) is 1.92. The summed E-state index contributed by atoms with van der Waals surface area (Å²) < 4.78 is 4.81. The van der Waals surface area contributed by atoms with Crippen LogP contribution in [-0.4, -0.2) is 25.0 Å². The van der Waals surface area contributed by atoms with Crippen molar-refractivity contribution in [2.24, 2.45) is 0 Å². The molecule has 0 fully saturated rings. The van der Waals surface area contributed by atoms with E-state index in [2.05, 4.69) is 11.2 Å². The molecule has 1 amide bonds. The van der Waals surface area contributed by atoms with Crippen LogP contribution in [0, 0.1) is 12.3 Å². The van der Waals surface area contributed by atoms with Crippen molar-refractivity contribution < 1.29 is 14.3 Å². The number of terminal acetylenes is 1. The summed E-state index contributed by atoms with van der Waals surface area (Å²) in [4.78, 5) is 25.2. The van der Waals surface area contributed by atoms with Gasteiger partial charge in [-0.2, -0.15) is 0 Å². The Bertz CT molecular complexity index is 614. The minimum absolute atomic E-state index is 0.137. The van der Waals surface area contributed by atoms with Gasteiger partial charge in [-0.15, -0.1) is 6.42 Å². The smallest absolute Gasteiger partial charge is 0.333 e. The van der Waals surface area contributed by atoms with Gasteiger partial charge >= 0.3 is 5.97 Å². The minimum atomic E-state index is -0.566. The summed E-state index contributed by atoms with van der Waals surface area (Å²) in [7, 11) is 0. The summed E-state index contributed by atoms with van der Waals surface area (Å²) in [6.45, 7) is 2.09. The van der Waals surface area contributed by atoms with Gasteiger partial charge in [0.2, 0.25) is 0 Å². The molecule has 2 rings (SSSR count). The Kier molecular flexibility index (Phi) is 4.06. The lowest BCUT2D eigenvalue weighted by Crippen LogP contribution is -2.39. The molecule has 1 heterocycles. The van der Waals surface area contributed by atoms with Crippen LogP contribution in [0.25, 0.3) is 0 Å². The normalized spacial score (nSPS) is 15.3. The molecule has 1 aliphatic rings. The van der Waals surface area contributed by atoms with E-state index in [0.717, 1.165) is 11.8 Å². The Morgan fingerprint density at radius 1 is 1.50 bits per heavy atom. The summed E-state index contributed by atoms with van der Waals surface area (Å²) in [5.74, 6) is 1.52. The quantitative estimate of drug-likeness (QED) is 0.514. The zero-order valence-corrected chi connectivity index (χ0v) is 11.1. The number of hydrogen-bond acceptors (Lipinski definition) is 4. The molecule has 0 saturated heterocycles. The maximum absolute atomic E-state index is 12.3. The lowest BCUT2D eigenvalue weighted by atomic mass is 10.1. The molecule has 5 heteroatoms. The fourth-order valence-electron chi connectivity index (χ4n) is 1.92. The topological polar surface area (TPSA) is 58.6 Å². The van der Waals surface area contributed by atoms with E-state index in [1.54, 1.807) is 13.0 Å². The van der Waals surface area contributed by atoms with Crippen LogP contribution in [0.15, 0.2) is 36.0 Å². The first-order chi connectivity index (χ1) is 9.67. The molecule has 0 saturated carbocycles. The number of nitrogens with one attached hydrogen (secondary N) is 1. The number of para-hydroxylation sites is 2. The number of rotatable bonds is 3. The molecule has 0 atom stereocenters. The van der Waals surface area contributed by atoms with E-state index in [0.29, 0.717) is 5.69 Å². The zero-order chi connectivity index (χ0) is 14.5. The van der Waals surface area contributed by atoms with Crippen molar-refractivity contribution in [2.75, 3.05) is 23.4 Å². The van der Waals surface area contributed by atoms with Crippen LogP contribution >= 0.6 is 0 Å². The summed E-state index contributed by atoms with van der Waals surface area (Å²) in [6.07, 6.45) is 6.44. The zero-order valence-electron chi connectivity index (χ0n) is 11.1. The summed E-state index contributed by atoms with van der Waals surface area (Å²) >= 11 is 0. The number of nitrogens with zero attached hydrogens (tertiary/aromatic N) is 1. The van der Waals surface area contributed by atoms with Crippen molar-refractivity contribution in [1.82, 2.24) is 0 Å². The van der Waals surface area contributed by atoms with Crippen molar-refractivity contribution in [2.45, 2.75) is 6.92 Å². The number of hydrogen-bond donors (Lipinski definition) is 1. The standard InChI is InChI=1S/C15H14N2O3/c1-3-9-17-13-8-6-5-7-11(13)16-12(15(17)19)10-14(18)20-4-2/h1,5-8,10,16H,4,9H2,2H3. The second kappa shape index (κ2) is 5.93. The lowest BCUT2D eigenvalue weighted by molar-refractivity contribution is -0.137. The summed E-state index contributed by atoms with van der Waals surface area (Å²) in [5, 5.41) is 2.92. The molecule has 0 aliphatic carbocycles. The Morgan fingerprint density at radius 3 is 2.95 bits per heavy atom. The van der Waals surface area contributed by atoms with Crippen LogP contribution < -0.4 is 10.2 Å². The van der Waals surface area contributed by atoms with Crippen LogP contribution in [0.1, 0.15) is 6.92 Å². The number of carbonyl (C=O) groups excluding carboxylic acids is 2. The maximum Gasteiger partial charge on any atom is 0.333 e. The third-order valence-corrected chi connectivity index (χ3v) is 2.74. The number of amides is 1. The Labute approximate surface area is 117 Å². The van der Waals surface area contributed by atoms with E-state index in [-0.39, 0.29) is 24.8 Å². The lowest BCUT2D eigenvalue weighted by Gasteiger charge is -2.30. The third-order valence-electron chi connectivity index (χ3n) is 2.74. The number of ether oxygens (including phenoxy) is 1. The molecule has 0 spiro atoms. The highest BCUT2D eigenvalue weighted by Crippen LogP contribution is 2.32. The summed E-state index contributed by atoms with van der Waals surface area (Å²) in [6, 6.07) is 7.25. The van der Waals surface area contributed by atoms with Crippen LogP contribution in [0.4, 0.5) is 11.4 Å². The molecule has 0 aromatic heterocycles. The molecule has 0 unspecified atom stereocenters. The van der Waals surface area contributed by atoms with Gasteiger partial charge in [0.05, 0.1) is 30.6 Å². The van der Waals surface area contributed by atoms with E-state index in [4.69, 9.17) is 11.2 Å². The Morgan fingerprint density at radius 2 is 2.25 bits per heavy atom. The largest absolute Gasteiger partial charge is 0.463 e. The SMILES string of the molecule is C#CCN1C(=O)C(=CC(=O)OCC)Nc2ccccc21. The van der Waals surface area contributed by atoms with E-state index in [9.17, 15) is 9.59 Å². The van der Waals surface area contributed by atoms with Crippen molar-refractivity contribution in [3.05, 3.63) is 36.0 Å². The van der Waals surface area contributed by atoms with Gasteiger partial charge in [0.25, 0.3) is 5.91 Å². The highest BCUT2D eigenvalue weighted by molar-refractivity contribution is 6.15. The molecule has 20 heavy (non-hydrogen) atoms. The van der Waals surface area contributed by atoms with Gasteiger partial charge in [0, 0.05) is 0 Å². The number of carbonyl (C=O) groups is 2. The average molecular weight is 270 g/mol. The van der Waals surface area contributed by atoms with Crippen LogP contribution in [0.3, 0.4) is 0 Å². The molecule has 1 aromatic carbocycles. The van der Waals surface area contributed by atoms with Crippen molar-refractivity contribution in [3.8, 4) is 12.3 Å². The average Bonchev–Trinajstić information content (AvgIpc) is 2.43. The van der Waals surface area contributed by atoms with Crippen molar-refractivity contribution >= 4 is 23.3 Å². The first-order valence-corrected chi connectivity index (χ1v) is 6.17. The number of fused-ring (bicyclic) bond motifs is 1. The van der Waals surface area contributed by atoms with Crippen LogP contribution in [0.5, 0.6) is 0 Å². The monoisotopic (exact) mass is 270 g/mol. The number of esters is 1. The molecule has 1 N–H and O–H groups in total. The van der Waals surface area contributed by atoms with E-state index in [1.165, 1.54) is 4.90 Å². The maximum atomic E-state index is 12.3. The third kappa shape index (κ3) is 2.64. The van der Waals surface area contributed by atoms with Gasteiger partial charge in [-0.25, -0.2) is 4.79 Å². The van der Waals surface area contributed by atoms with Gasteiger partial charge in [0.15, 0.2) is 0 Å². The molecular weight excluding hydrogens is 256 g/mol. The highest BCUT2D eigenvalue weighted by atomic mass is 16.5. The second-order valence-electron chi connectivity index (χ2n) is 4.05. The predicted molar refractivity (Wildman–Crippen MR) is 76.0 cm³/mol. The van der Waals surface area contributed by atoms with Gasteiger partial charge < -0.3 is 10.1 Å². The molecule has 1 aliphatic heterocycles. The molecule has 0 bridgehead atoms. The highest BCUT2D eigenvalue weighted by Gasteiger charge is 2.27. The molecule has 5 nitrogen and oxygen atoms in total. The van der Waals surface area contributed by atoms with E-state index < -0.39 is 5.97 Å². The van der Waals surface area contributed by atoms with E-state index in [1.807, 2.05) is 18.2 Å². The number of anilines is 2. The minimum Gasteiger partial charge on any atom is -0.463 e. The molecular formula is C15H14N2O3. The Hall–Kier alpha value is -2.74. The first kappa shape index (κ1) is 13.7. The van der Waals surface area contributed by atoms with Gasteiger partial charge in [-0.1, -0.05) is 18.1 Å². The fraction of sp³-hybridized carbons (Fsp3) is 0.200. The summed E-state index contributed by atoms with van der Waals surface area (Å²) in [5.41, 5.74) is 1.56. The van der Waals surface area contributed by atoms with Crippen LogP contribution in [0.2, 0.25) is 0 Å². The van der Waals surface area contributed by atoms with E-state index >= 15 is 0 Å². The molecule has 1 aromatic rings. The predicted octanol–water partition coefficient (Wildman–Crippen LogP) is 1.53. The van der Waals surface area contributed by atoms with Gasteiger partial charge in [-0.3, -0.25) is 9.69 Å². The number of benzene rings is 1. The molecule has 0 radical (unpaired) electrons. The van der Waals surface area contributed by atoms with Crippen molar-refractivity contribution in [3.63, 3.8) is 0 Å². The van der Waals surface area contributed by atoms with Crippen LogP contribution in [-0.2, 0) is 14.3 Å².